The van der Waals surface area contributed by atoms with E-state index in [4.69, 9.17) is 9.47 Å². The summed E-state index contributed by atoms with van der Waals surface area (Å²) in [6.45, 7) is 5.38. The van der Waals surface area contributed by atoms with Gasteiger partial charge < -0.3 is 14.4 Å². The molecule has 9 nitrogen and oxygen atoms in total. The summed E-state index contributed by atoms with van der Waals surface area (Å²) in [7, 11) is 1.74. The van der Waals surface area contributed by atoms with Crippen molar-refractivity contribution in [3.05, 3.63) is 39.8 Å². The normalized spacial score (nSPS) is 29.9. The standard InChI is InChI=1S/C28H39FN6O3/c1-33-27-26(35(28(33)36)20-8-14-37-15-9-20)22-16-21(23(29)17-24(22)31-32-27)19-6-7-25(30-18-19)38-13-5-12-34-10-3-2-4-11-34/h7,16,18-20,22-24H,2-6,8-15,17H2,1H3. The molecule has 38 heavy (non-hydrogen) atoms. The van der Waals surface area contributed by atoms with Crippen molar-refractivity contribution >= 4 is 12.0 Å². The number of likely N-dealkylation sites (tertiary alicyclic amines) is 1. The third-order valence-electron chi connectivity index (χ3n) is 8.74. The van der Waals surface area contributed by atoms with Crippen LogP contribution in [0.1, 0.15) is 69.0 Å². The smallest absolute Gasteiger partial charge is 0.330 e. The van der Waals surface area contributed by atoms with Crippen LogP contribution >= 0.6 is 0 Å². The highest BCUT2D eigenvalue weighted by molar-refractivity contribution is 5.68. The maximum atomic E-state index is 15.5. The van der Waals surface area contributed by atoms with Gasteiger partial charge in [-0.15, -0.1) is 5.11 Å². The van der Waals surface area contributed by atoms with E-state index >= 15 is 4.39 Å². The number of nitrogens with zero attached hydrogens (tertiary/aromatic N) is 6. The molecule has 0 saturated carbocycles. The van der Waals surface area contributed by atoms with Gasteiger partial charge in [-0.25, -0.2) is 14.2 Å². The molecule has 0 bridgehead atoms. The van der Waals surface area contributed by atoms with E-state index < -0.39 is 6.17 Å². The SMILES string of the molecule is Cn1c2c(n(C3CCOCC3)c1=O)C1C=C(C3C=NC(OCCCN4CCCCC4)=CC3)C(F)CC1N=N2. The van der Waals surface area contributed by atoms with Crippen molar-refractivity contribution in [3.63, 3.8) is 0 Å². The van der Waals surface area contributed by atoms with Gasteiger partial charge in [0, 0.05) is 57.3 Å². The van der Waals surface area contributed by atoms with Gasteiger partial charge in [0.05, 0.1) is 18.3 Å². The maximum Gasteiger partial charge on any atom is 0.330 e. The predicted octanol–water partition coefficient (Wildman–Crippen LogP) is 4.58. The van der Waals surface area contributed by atoms with Crippen molar-refractivity contribution in [2.45, 2.75) is 75.5 Å². The van der Waals surface area contributed by atoms with E-state index in [-0.39, 0.29) is 36.0 Å². The number of halogens is 1. The van der Waals surface area contributed by atoms with E-state index in [1.807, 2.05) is 22.9 Å². The molecule has 0 spiro atoms. The molecule has 2 saturated heterocycles. The topological polar surface area (TPSA) is 85.7 Å². The van der Waals surface area contributed by atoms with Gasteiger partial charge in [0.15, 0.2) is 5.82 Å². The first-order valence-corrected chi connectivity index (χ1v) is 14.3. The number of allylic oxidation sites excluding steroid dienone is 2. The van der Waals surface area contributed by atoms with Gasteiger partial charge >= 0.3 is 5.69 Å². The monoisotopic (exact) mass is 526 g/mol. The zero-order valence-corrected chi connectivity index (χ0v) is 22.3. The summed E-state index contributed by atoms with van der Waals surface area (Å²) in [6.07, 6.45) is 12.1. The van der Waals surface area contributed by atoms with E-state index in [1.165, 1.54) is 32.4 Å². The molecule has 6 rings (SSSR count). The molecule has 5 aliphatic rings. The minimum atomic E-state index is -1.11. The van der Waals surface area contributed by atoms with Crippen LogP contribution in [0.15, 0.2) is 43.6 Å². The summed E-state index contributed by atoms with van der Waals surface area (Å²) in [5.41, 5.74) is 1.52. The van der Waals surface area contributed by atoms with Crippen molar-refractivity contribution in [3.8, 4) is 0 Å². The van der Waals surface area contributed by atoms with Crippen molar-refractivity contribution in [2.24, 2.45) is 28.2 Å². The summed E-state index contributed by atoms with van der Waals surface area (Å²) >= 11 is 0. The number of rotatable bonds is 7. The number of aromatic nitrogens is 2. The summed E-state index contributed by atoms with van der Waals surface area (Å²) < 4.78 is 30.4. The fraction of sp³-hybridized carbons (Fsp3) is 0.714. The lowest BCUT2D eigenvalue weighted by atomic mass is 9.77. The Morgan fingerprint density at radius 3 is 2.76 bits per heavy atom. The molecule has 4 atom stereocenters. The summed E-state index contributed by atoms with van der Waals surface area (Å²) in [5, 5.41) is 8.83. The molecule has 5 heterocycles. The average Bonchev–Trinajstić information content (AvgIpc) is 3.22. The molecular weight excluding hydrogens is 487 g/mol. The van der Waals surface area contributed by atoms with Gasteiger partial charge in [0.2, 0.25) is 5.88 Å². The molecule has 206 valence electrons. The van der Waals surface area contributed by atoms with Crippen molar-refractivity contribution in [1.29, 1.82) is 0 Å². The Morgan fingerprint density at radius 2 is 2.00 bits per heavy atom. The highest BCUT2D eigenvalue weighted by Gasteiger charge is 2.42. The van der Waals surface area contributed by atoms with E-state index in [0.717, 1.165) is 37.1 Å². The Bertz CT molecular complexity index is 1190. The molecule has 1 aromatic heterocycles. The Morgan fingerprint density at radius 1 is 1.18 bits per heavy atom. The molecule has 1 aliphatic carbocycles. The van der Waals surface area contributed by atoms with Crippen LogP contribution in [0.2, 0.25) is 0 Å². The quantitative estimate of drug-likeness (QED) is 0.385. The number of piperidine rings is 1. The van der Waals surface area contributed by atoms with E-state index in [9.17, 15) is 4.79 Å². The van der Waals surface area contributed by atoms with Crippen LogP contribution in [0.5, 0.6) is 0 Å². The highest BCUT2D eigenvalue weighted by atomic mass is 19.1. The van der Waals surface area contributed by atoms with E-state index in [2.05, 4.69) is 20.1 Å². The minimum absolute atomic E-state index is 0.0638. The molecule has 0 N–H and O–H groups in total. The van der Waals surface area contributed by atoms with Gasteiger partial charge in [-0.05, 0) is 63.3 Å². The molecule has 0 aromatic carbocycles. The van der Waals surface area contributed by atoms with Crippen molar-refractivity contribution < 1.29 is 13.9 Å². The maximum absolute atomic E-state index is 15.5. The van der Waals surface area contributed by atoms with Gasteiger partial charge in [0.25, 0.3) is 0 Å². The number of imidazole rings is 1. The molecule has 4 aliphatic heterocycles. The molecule has 1 aromatic rings. The zero-order valence-electron chi connectivity index (χ0n) is 22.3. The largest absolute Gasteiger partial charge is 0.478 e. The first kappa shape index (κ1) is 25.7. The van der Waals surface area contributed by atoms with Crippen molar-refractivity contribution in [1.82, 2.24) is 14.0 Å². The Labute approximate surface area is 223 Å². The van der Waals surface area contributed by atoms with Crippen LogP contribution in [0.25, 0.3) is 0 Å². The van der Waals surface area contributed by atoms with E-state index in [1.54, 1.807) is 11.6 Å². The second-order valence-corrected chi connectivity index (χ2v) is 11.2. The first-order valence-electron chi connectivity index (χ1n) is 14.3. The van der Waals surface area contributed by atoms with E-state index in [0.29, 0.717) is 37.9 Å². The fourth-order valence-corrected chi connectivity index (χ4v) is 6.61. The van der Waals surface area contributed by atoms with Crippen LogP contribution < -0.4 is 5.69 Å². The minimum Gasteiger partial charge on any atom is -0.478 e. The number of aliphatic imine (C=N–C) groups is 1. The molecule has 10 heteroatoms. The summed E-state index contributed by atoms with van der Waals surface area (Å²) in [4.78, 5) is 20.3. The van der Waals surface area contributed by atoms with Crippen LogP contribution in [-0.2, 0) is 16.5 Å². The Hall–Kier alpha value is -2.59. The third-order valence-corrected chi connectivity index (χ3v) is 8.74. The first-order chi connectivity index (χ1) is 18.6. The number of ether oxygens (including phenoxy) is 2. The highest BCUT2D eigenvalue weighted by Crippen LogP contribution is 2.45. The summed E-state index contributed by atoms with van der Waals surface area (Å²) in [5.74, 6) is 0.926. The molecule has 0 amide bonds. The third kappa shape index (κ3) is 5.04. The lowest BCUT2D eigenvalue weighted by Crippen LogP contribution is -2.35. The number of fused-ring (bicyclic) bond motifs is 3. The average molecular weight is 527 g/mol. The zero-order chi connectivity index (χ0) is 26.1. The van der Waals surface area contributed by atoms with Crippen LogP contribution in [-0.4, -0.2) is 71.9 Å². The number of alkyl halides is 1. The lowest BCUT2D eigenvalue weighted by Gasteiger charge is -2.35. The van der Waals surface area contributed by atoms with Gasteiger partial charge in [-0.1, -0.05) is 12.5 Å². The van der Waals surface area contributed by atoms with Crippen molar-refractivity contribution in [2.75, 3.05) is 39.5 Å². The second kappa shape index (κ2) is 11.3. The van der Waals surface area contributed by atoms with Crippen LogP contribution in [0.3, 0.4) is 0 Å². The lowest BCUT2D eigenvalue weighted by molar-refractivity contribution is 0.0675. The Kier molecular flexibility index (Phi) is 7.61. The number of hydrogen-bond acceptors (Lipinski definition) is 7. The molecular formula is C28H39FN6O3. The Balaban J connectivity index is 1.15. The molecule has 4 unspecified atom stereocenters. The predicted molar refractivity (Wildman–Crippen MR) is 143 cm³/mol. The number of azo groups is 1. The van der Waals surface area contributed by atoms with Gasteiger partial charge in [0.1, 0.15) is 6.17 Å². The second-order valence-electron chi connectivity index (χ2n) is 11.2. The van der Waals surface area contributed by atoms with Gasteiger partial charge in [-0.2, -0.15) is 5.11 Å². The molecule has 0 radical (unpaired) electrons. The summed E-state index contributed by atoms with van der Waals surface area (Å²) in [6, 6.07) is -0.238. The van der Waals surface area contributed by atoms with Crippen LogP contribution in [0, 0.1) is 5.92 Å². The number of hydrogen-bond donors (Lipinski definition) is 0. The molecule has 2 fully saturated rings. The van der Waals surface area contributed by atoms with Crippen LogP contribution in [0.4, 0.5) is 10.2 Å². The fourth-order valence-electron chi connectivity index (χ4n) is 6.61. The van der Waals surface area contributed by atoms with Gasteiger partial charge in [-0.3, -0.25) is 9.13 Å².